The van der Waals surface area contributed by atoms with Crippen LogP contribution in [0.1, 0.15) is 11.3 Å². The number of hydrogen-bond donors (Lipinski definition) is 2. The molecule has 1 aromatic carbocycles. The van der Waals surface area contributed by atoms with Gasteiger partial charge in [0.25, 0.3) is 0 Å². The van der Waals surface area contributed by atoms with Gasteiger partial charge in [-0.1, -0.05) is 6.07 Å². The third kappa shape index (κ3) is 3.18. The lowest BCUT2D eigenvalue weighted by atomic mass is 10.2. The number of benzene rings is 1. The maximum Gasteiger partial charge on any atom is 0.158 e. The van der Waals surface area contributed by atoms with Gasteiger partial charge in [-0.05, 0) is 18.2 Å². The van der Waals surface area contributed by atoms with Crippen LogP contribution in [0.15, 0.2) is 36.7 Å². The maximum atomic E-state index is 8.88. The average Bonchev–Trinajstić information content (AvgIpc) is 2.48. The molecule has 0 radical (unpaired) electrons. The second-order valence-electron chi connectivity index (χ2n) is 4.06. The van der Waals surface area contributed by atoms with Crippen LogP contribution in [-0.2, 0) is 6.54 Å². The fraction of sp³-hybridized carbons (Fsp3) is 0.154. The highest BCUT2D eigenvalue weighted by molar-refractivity contribution is 5.51. The highest BCUT2D eigenvalue weighted by atomic mass is 15.3. The van der Waals surface area contributed by atoms with Gasteiger partial charge in [0.15, 0.2) is 5.82 Å². The van der Waals surface area contributed by atoms with Gasteiger partial charge in [0.05, 0.1) is 36.3 Å². The van der Waals surface area contributed by atoms with Crippen LogP contribution >= 0.6 is 0 Å². The number of anilines is 2. The number of aromatic nitrogens is 2. The standard InChI is InChI=1S/C13H14N6/c1-19(12-4-2-3-10(5-12)6-14)9-11-7-17-13(18-15)8-16-11/h2-5,7-8H,9,15H2,1H3,(H,17,18). The molecule has 3 N–H and O–H groups in total. The molecule has 0 amide bonds. The van der Waals surface area contributed by atoms with Gasteiger partial charge in [-0.25, -0.2) is 10.8 Å². The minimum absolute atomic E-state index is 0.526. The SMILES string of the molecule is CN(Cc1cnc(NN)cn1)c1cccc(C#N)c1. The molecule has 0 fully saturated rings. The van der Waals surface area contributed by atoms with Crippen molar-refractivity contribution in [2.24, 2.45) is 5.84 Å². The number of nitriles is 1. The molecule has 0 unspecified atom stereocenters. The zero-order valence-electron chi connectivity index (χ0n) is 10.5. The molecular formula is C13H14N6. The Kier molecular flexibility index (Phi) is 3.90. The number of nitrogens with zero attached hydrogens (tertiary/aromatic N) is 4. The summed E-state index contributed by atoms with van der Waals surface area (Å²) < 4.78 is 0. The first-order valence-corrected chi connectivity index (χ1v) is 5.72. The van der Waals surface area contributed by atoms with Gasteiger partial charge >= 0.3 is 0 Å². The molecule has 0 aliphatic carbocycles. The van der Waals surface area contributed by atoms with Crippen LogP contribution in [-0.4, -0.2) is 17.0 Å². The summed E-state index contributed by atoms with van der Waals surface area (Å²) in [5, 5.41) is 8.88. The largest absolute Gasteiger partial charge is 0.369 e. The monoisotopic (exact) mass is 254 g/mol. The van der Waals surface area contributed by atoms with Gasteiger partial charge in [0, 0.05) is 12.7 Å². The first kappa shape index (κ1) is 12.8. The molecule has 0 bridgehead atoms. The molecule has 19 heavy (non-hydrogen) atoms. The topological polar surface area (TPSA) is 90.9 Å². The lowest BCUT2D eigenvalue weighted by Gasteiger charge is -2.18. The zero-order valence-corrected chi connectivity index (χ0v) is 10.5. The highest BCUT2D eigenvalue weighted by Gasteiger charge is 2.04. The molecule has 0 spiro atoms. The van der Waals surface area contributed by atoms with E-state index in [4.69, 9.17) is 11.1 Å². The molecule has 6 heteroatoms. The molecule has 96 valence electrons. The average molecular weight is 254 g/mol. The third-order valence-electron chi connectivity index (χ3n) is 2.67. The minimum atomic E-state index is 0.526. The van der Waals surface area contributed by atoms with Crippen LogP contribution in [0.5, 0.6) is 0 Å². The predicted molar refractivity (Wildman–Crippen MR) is 73.1 cm³/mol. The van der Waals surface area contributed by atoms with Crippen molar-refractivity contribution >= 4 is 11.5 Å². The lowest BCUT2D eigenvalue weighted by Crippen LogP contribution is -2.18. The summed E-state index contributed by atoms with van der Waals surface area (Å²) in [6, 6.07) is 9.54. The smallest absolute Gasteiger partial charge is 0.158 e. The van der Waals surface area contributed by atoms with Crippen molar-refractivity contribution in [3.8, 4) is 6.07 Å². The number of nitrogens with one attached hydrogen (secondary N) is 1. The number of hydrazine groups is 1. The second kappa shape index (κ2) is 5.80. The van der Waals surface area contributed by atoms with Crippen LogP contribution < -0.4 is 16.2 Å². The summed E-state index contributed by atoms with van der Waals surface area (Å²) in [4.78, 5) is 10.3. The Bertz CT molecular complexity index is 587. The van der Waals surface area contributed by atoms with Gasteiger partial charge in [0.1, 0.15) is 0 Å². The van der Waals surface area contributed by atoms with Crippen molar-refractivity contribution in [3.63, 3.8) is 0 Å². The summed E-state index contributed by atoms with van der Waals surface area (Å²) in [5.41, 5.74) is 4.85. The normalized spacial score (nSPS) is 9.74. The van der Waals surface area contributed by atoms with E-state index in [0.29, 0.717) is 17.9 Å². The Morgan fingerprint density at radius 3 is 2.84 bits per heavy atom. The minimum Gasteiger partial charge on any atom is -0.369 e. The van der Waals surface area contributed by atoms with Crippen LogP contribution in [0.4, 0.5) is 11.5 Å². The molecule has 2 aromatic rings. The van der Waals surface area contributed by atoms with E-state index in [1.54, 1.807) is 18.5 Å². The molecule has 2 rings (SSSR count). The van der Waals surface area contributed by atoms with Gasteiger partial charge in [-0.15, -0.1) is 0 Å². The lowest BCUT2D eigenvalue weighted by molar-refractivity contribution is 0.873. The Hall–Kier alpha value is -2.65. The van der Waals surface area contributed by atoms with Crippen LogP contribution in [0, 0.1) is 11.3 Å². The number of rotatable bonds is 4. The van der Waals surface area contributed by atoms with Gasteiger partial charge < -0.3 is 10.3 Å². The van der Waals surface area contributed by atoms with Gasteiger partial charge in [-0.2, -0.15) is 5.26 Å². The van der Waals surface area contributed by atoms with E-state index in [0.717, 1.165) is 11.4 Å². The van der Waals surface area contributed by atoms with E-state index in [1.165, 1.54) is 0 Å². The Morgan fingerprint density at radius 2 is 2.21 bits per heavy atom. The van der Waals surface area contributed by atoms with E-state index in [-0.39, 0.29) is 0 Å². The molecular weight excluding hydrogens is 240 g/mol. The number of nitrogen functional groups attached to an aromatic ring is 1. The fourth-order valence-corrected chi connectivity index (χ4v) is 1.66. The molecule has 1 aromatic heterocycles. The second-order valence-corrected chi connectivity index (χ2v) is 4.06. The third-order valence-corrected chi connectivity index (χ3v) is 2.67. The summed E-state index contributed by atoms with van der Waals surface area (Å²) in [5.74, 6) is 5.76. The number of hydrogen-bond acceptors (Lipinski definition) is 6. The van der Waals surface area contributed by atoms with Crippen LogP contribution in [0.3, 0.4) is 0 Å². The number of nitrogens with two attached hydrogens (primary N) is 1. The Balaban J connectivity index is 2.11. The van der Waals surface area contributed by atoms with Crippen molar-refractivity contribution in [1.82, 2.24) is 9.97 Å². The quantitative estimate of drug-likeness (QED) is 0.630. The van der Waals surface area contributed by atoms with E-state index < -0.39 is 0 Å². The summed E-state index contributed by atoms with van der Waals surface area (Å²) in [6.45, 7) is 0.604. The van der Waals surface area contributed by atoms with Crippen molar-refractivity contribution in [2.75, 3.05) is 17.4 Å². The van der Waals surface area contributed by atoms with Gasteiger partial charge in [0.2, 0.25) is 0 Å². The summed E-state index contributed by atoms with van der Waals surface area (Å²) in [6.07, 6.45) is 3.24. The molecule has 0 aliphatic rings. The predicted octanol–water partition coefficient (Wildman–Crippen LogP) is 1.27. The zero-order chi connectivity index (χ0) is 13.7. The van der Waals surface area contributed by atoms with E-state index >= 15 is 0 Å². The van der Waals surface area contributed by atoms with E-state index in [2.05, 4.69) is 21.5 Å². The van der Waals surface area contributed by atoms with Crippen LogP contribution in [0.25, 0.3) is 0 Å². The molecule has 1 heterocycles. The van der Waals surface area contributed by atoms with Crippen LogP contribution in [0.2, 0.25) is 0 Å². The highest BCUT2D eigenvalue weighted by Crippen LogP contribution is 2.16. The van der Waals surface area contributed by atoms with Crippen molar-refractivity contribution in [3.05, 3.63) is 47.9 Å². The van der Waals surface area contributed by atoms with E-state index in [1.807, 2.05) is 30.1 Å². The Morgan fingerprint density at radius 1 is 1.37 bits per heavy atom. The summed E-state index contributed by atoms with van der Waals surface area (Å²) in [7, 11) is 1.94. The molecule has 0 saturated heterocycles. The molecule has 6 nitrogen and oxygen atoms in total. The maximum absolute atomic E-state index is 8.88. The Labute approximate surface area is 111 Å². The molecule has 0 atom stereocenters. The first-order valence-electron chi connectivity index (χ1n) is 5.72. The van der Waals surface area contributed by atoms with E-state index in [9.17, 15) is 0 Å². The molecule has 0 saturated carbocycles. The van der Waals surface area contributed by atoms with Crippen molar-refractivity contribution in [1.29, 1.82) is 5.26 Å². The molecule has 0 aliphatic heterocycles. The van der Waals surface area contributed by atoms with Gasteiger partial charge in [-0.3, -0.25) is 4.98 Å². The summed E-state index contributed by atoms with van der Waals surface area (Å²) >= 11 is 0. The first-order chi connectivity index (χ1) is 9.22. The van der Waals surface area contributed by atoms with Crippen molar-refractivity contribution in [2.45, 2.75) is 6.54 Å². The van der Waals surface area contributed by atoms with Crippen molar-refractivity contribution < 1.29 is 0 Å². The fourth-order valence-electron chi connectivity index (χ4n) is 1.66.